The Bertz CT molecular complexity index is 214. The molecule has 0 saturated heterocycles. The molecule has 0 spiro atoms. The van der Waals surface area contributed by atoms with Crippen LogP contribution in [-0.4, -0.2) is 15.6 Å². The average Bonchev–Trinajstić information content (AvgIpc) is 1.98. The van der Waals surface area contributed by atoms with E-state index in [1.807, 2.05) is 0 Å². The van der Waals surface area contributed by atoms with Crippen molar-refractivity contribution in [1.29, 1.82) is 0 Å². The highest BCUT2D eigenvalue weighted by molar-refractivity contribution is 6.52. The van der Waals surface area contributed by atoms with Crippen molar-refractivity contribution in [2.75, 3.05) is 0 Å². The lowest BCUT2D eigenvalue weighted by Crippen LogP contribution is -2.65. The van der Waals surface area contributed by atoms with E-state index in [1.165, 1.54) is 6.08 Å². The van der Waals surface area contributed by atoms with Gasteiger partial charge in [-0.3, -0.25) is 0 Å². The van der Waals surface area contributed by atoms with Gasteiger partial charge in [0.05, 0.1) is 0 Å². The summed E-state index contributed by atoms with van der Waals surface area (Å²) < 4.78 is 23.5. The number of hydrogen-bond donors (Lipinski definition) is 0. The first-order valence-electron chi connectivity index (χ1n) is 3.02. The van der Waals surface area contributed by atoms with Crippen molar-refractivity contribution in [3.8, 4) is 0 Å². The quantitative estimate of drug-likeness (QED) is 0.626. The summed E-state index contributed by atoms with van der Waals surface area (Å²) in [4.78, 5) is 0. The number of rotatable bonds is 1. The lowest BCUT2D eigenvalue weighted by atomic mass is 9.79. The molecule has 1 saturated carbocycles. The second-order valence-corrected chi connectivity index (χ2v) is 4.60. The first kappa shape index (κ1) is 10.8. The third kappa shape index (κ3) is 1.24. The molecular weight excluding hydrogens is 252 g/mol. The van der Waals surface area contributed by atoms with Gasteiger partial charge in [-0.15, -0.1) is 11.6 Å². The topological polar surface area (TPSA) is 0 Å². The van der Waals surface area contributed by atoms with E-state index in [0.29, 0.717) is 0 Å². The van der Waals surface area contributed by atoms with Gasteiger partial charge in [-0.2, -0.15) is 0 Å². The Kier molecular flexibility index (Phi) is 2.85. The Morgan fingerprint density at radius 1 is 1.25 bits per heavy atom. The molecule has 70 valence electrons. The van der Waals surface area contributed by atoms with Crippen LogP contribution in [0.5, 0.6) is 0 Å². The fourth-order valence-corrected chi connectivity index (χ4v) is 2.49. The Morgan fingerprint density at radius 2 is 1.75 bits per heavy atom. The molecule has 0 aromatic carbocycles. The fourth-order valence-electron chi connectivity index (χ4n) is 1.02. The fraction of sp³-hybridized carbons (Fsp3) is 0.667. The van der Waals surface area contributed by atoms with Gasteiger partial charge in [0, 0.05) is 11.5 Å². The monoisotopic (exact) mass is 254 g/mol. The van der Waals surface area contributed by atoms with E-state index in [1.54, 1.807) is 0 Å². The zero-order valence-corrected chi connectivity index (χ0v) is 8.60. The maximum atomic E-state index is 12.8. The Labute approximate surface area is 88.4 Å². The van der Waals surface area contributed by atoms with Crippen molar-refractivity contribution in [2.24, 2.45) is 5.92 Å². The molecule has 0 bridgehead atoms. The minimum atomic E-state index is -3.27. The van der Waals surface area contributed by atoms with Crippen molar-refractivity contribution in [1.82, 2.24) is 0 Å². The summed E-state index contributed by atoms with van der Waals surface area (Å²) in [5, 5.41) is -1.39. The molecule has 6 heteroatoms. The molecule has 2 atom stereocenters. The molecule has 0 radical (unpaired) electrons. The highest BCUT2D eigenvalue weighted by Gasteiger charge is 2.73. The van der Waals surface area contributed by atoms with Crippen LogP contribution < -0.4 is 0 Å². The molecule has 0 nitrogen and oxygen atoms in total. The number of allylic oxidation sites excluding steroid dienone is 1. The van der Waals surface area contributed by atoms with E-state index in [0.717, 1.165) is 5.54 Å². The summed E-state index contributed by atoms with van der Waals surface area (Å²) in [5.74, 6) is -4.08. The Morgan fingerprint density at radius 3 is 2.08 bits per heavy atom. The summed E-state index contributed by atoms with van der Waals surface area (Å²) in [6.45, 7) is 0. The molecule has 0 aromatic rings. The molecule has 12 heavy (non-hydrogen) atoms. The number of halogens is 6. The summed E-state index contributed by atoms with van der Waals surface area (Å²) in [7, 11) is 0. The molecule has 1 fully saturated rings. The smallest absolute Gasteiger partial charge is 0.202 e. The van der Waals surface area contributed by atoms with E-state index in [-0.39, 0.29) is 0 Å². The zero-order valence-electron chi connectivity index (χ0n) is 5.58. The van der Waals surface area contributed by atoms with Gasteiger partial charge in [0.25, 0.3) is 5.92 Å². The SMILES string of the molecule is FC1(F)[C@@H](Cl)[C@@H](/C=C/Cl)C1(Cl)Cl. The largest absolute Gasteiger partial charge is 0.297 e. The molecule has 0 aromatic heterocycles. The van der Waals surface area contributed by atoms with Crippen LogP contribution in [0.1, 0.15) is 0 Å². The summed E-state index contributed by atoms with van der Waals surface area (Å²) in [5.41, 5.74) is 1.08. The van der Waals surface area contributed by atoms with Crippen molar-refractivity contribution < 1.29 is 8.78 Å². The van der Waals surface area contributed by atoms with E-state index < -0.39 is 21.6 Å². The maximum absolute atomic E-state index is 12.8. The van der Waals surface area contributed by atoms with Crippen LogP contribution in [0.3, 0.4) is 0 Å². The van der Waals surface area contributed by atoms with Crippen LogP contribution in [-0.2, 0) is 0 Å². The predicted octanol–water partition coefficient (Wildman–Crippen LogP) is 3.79. The van der Waals surface area contributed by atoms with Crippen LogP contribution in [0.2, 0.25) is 0 Å². The van der Waals surface area contributed by atoms with Crippen LogP contribution in [0.15, 0.2) is 11.6 Å². The standard InChI is InChI=1S/C6H4Cl4F2/c7-2-1-3-4(8)6(11,12)5(3,9)10/h1-4H/b2-1+/t3-,4+/m1/s1. The molecule has 1 aliphatic carbocycles. The van der Waals surface area contributed by atoms with E-state index in [2.05, 4.69) is 0 Å². The van der Waals surface area contributed by atoms with Crippen LogP contribution in [0.25, 0.3) is 0 Å². The average molecular weight is 256 g/mol. The van der Waals surface area contributed by atoms with Crippen molar-refractivity contribution >= 4 is 46.4 Å². The molecule has 0 aliphatic heterocycles. The zero-order chi connectivity index (χ0) is 9.57. The first-order valence-corrected chi connectivity index (χ1v) is 4.65. The first-order chi connectivity index (χ1) is 5.35. The van der Waals surface area contributed by atoms with Crippen LogP contribution >= 0.6 is 46.4 Å². The van der Waals surface area contributed by atoms with E-state index >= 15 is 0 Å². The maximum Gasteiger partial charge on any atom is 0.297 e. The minimum Gasteiger partial charge on any atom is -0.202 e. The lowest BCUT2D eigenvalue weighted by molar-refractivity contribution is -0.102. The highest BCUT2D eigenvalue weighted by atomic mass is 35.5. The molecule has 0 amide bonds. The molecule has 1 rings (SSSR count). The van der Waals surface area contributed by atoms with Gasteiger partial charge < -0.3 is 0 Å². The second-order valence-electron chi connectivity index (χ2n) is 2.49. The van der Waals surface area contributed by atoms with Crippen molar-refractivity contribution in [3.63, 3.8) is 0 Å². The molecule has 0 N–H and O–H groups in total. The van der Waals surface area contributed by atoms with Gasteiger partial charge in [0.2, 0.25) is 0 Å². The van der Waals surface area contributed by atoms with Crippen molar-refractivity contribution in [2.45, 2.75) is 15.6 Å². The Hall–Kier alpha value is 0.760. The molecule has 1 aliphatic rings. The van der Waals surface area contributed by atoms with Crippen LogP contribution in [0, 0.1) is 5.92 Å². The van der Waals surface area contributed by atoms with E-state index in [9.17, 15) is 8.78 Å². The van der Waals surface area contributed by atoms with Crippen molar-refractivity contribution in [3.05, 3.63) is 11.6 Å². The highest BCUT2D eigenvalue weighted by Crippen LogP contribution is 2.61. The van der Waals surface area contributed by atoms with Crippen LogP contribution in [0.4, 0.5) is 8.78 Å². The number of hydrogen-bond acceptors (Lipinski definition) is 0. The van der Waals surface area contributed by atoms with Gasteiger partial charge in [-0.05, 0) is 0 Å². The lowest BCUT2D eigenvalue weighted by Gasteiger charge is -2.49. The van der Waals surface area contributed by atoms with E-state index in [4.69, 9.17) is 46.4 Å². The molecule has 0 heterocycles. The molecule has 0 unspecified atom stereocenters. The minimum absolute atomic E-state index is 0.810. The second kappa shape index (κ2) is 3.16. The Balaban J connectivity index is 2.84. The summed E-state index contributed by atoms with van der Waals surface area (Å²) >= 11 is 21.2. The van der Waals surface area contributed by atoms with Gasteiger partial charge >= 0.3 is 0 Å². The summed E-state index contributed by atoms with van der Waals surface area (Å²) in [6, 6.07) is 0. The van der Waals surface area contributed by atoms with Gasteiger partial charge in [0.15, 0.2) is 4.33 Å². The summed E-state index contributed by atoms with van der Waals surface area (Å²) in [6.07, 6.45) is 1.26. The normalized spacial score (nSPS) is 38.2. The third-order valence-electron chi connectivity index (χ3n) is 1.80. The molecular formula is C6H4Cl4F2. The predicted molar refractivity (Wildman–Crippen MR) is 47.5 cm³/mol. The van der Waals surface area contributed by atoms with Gasteiger partial charge in [0.1, 0.15) is 5.38 Å². The van der Waals surface area contributed by atoms with Gasteiger partial charge in [-0.1, -0.05) is 40.9 Å². The third-order valence-corrected chi connectivity index (χ3v) is 3.50. The number of alkyl halides is 5. The van der Waals surface area contributed by atoms with Gasteiger partial charge in [-0.25, -0.2) is 8.78 Å².